The van der Waals surface area contributed by atoms with Crippen LogP contribution in [0.1, 0.15) is 27.7 Å². The summed E-state index contributed by atoms with van der Waals surface area (Å²) in [6.07, 6.45) is 0. The first-order valence-corrected chi connectivity index (χ1v) is 4.95. The molecule has 24 heavy (non-hydrogen) atoms. The Bertz CT molecular complexity index is 204. The molecule has 8 N–H and O–H groups in total. The fourth-order valence-corrected chi connectivity index (χ4v) is 0. The Morgan fingerprint density at radius 3 is 0.667 bits per heavy atom. The molecule has 0 saturated heterocycles. The fraction of sp³-hybridized carbons (Fsp3) is 0.600. The van der Waals surface area contributed by atoms with Crippen molar-refractivity contribution in [2.75, 3.05) is 13.1 Å². The second kappa shape index (κ2) is 57.2. The molecule has 0 fully saturated rings. The minimum atomic E-state index is -1.08. The van der Waals surface area contributed by atoms with E-state index in [4.69, 9.17) is 51.1 Å². The van der Waals surface area contributed by atoms with E-state index < -0.39 is 23.9 Å². The standard InChI is InChI=1S/C2H8N2.4C2H4O2.Fe.Na.2H2O/c3-1-2-4;4*1-2(3)4;;;;/h1-4H2;4*1H3,(H,3,4);;;2*1H2/q;;;;;+3;+1;;/p-4. The number of carboxylic acids is 4. The molecule has 12 nitrogen and oxygen atoms in total. The fourth-order valence-electron chi connectivity index (χ4n) is 0. The van der Waals surface area contributed by atoms with Gasteiger partial charge in [-0.2, -0.15) is 0 Å². The number of rotatable bonds is 1. The summed E-state index contributed by atoms with van der Waals surface area (Å²) in [6, 6.07) is 0. The molecule has 0 amide bonds. The molecule has 143 valence electrons. The summed E-state index contributed by atoms with van der Waals surface area (Å²) in [5.41, 5.74) is 9.81. The predicted octanol–water partition coefficient (Wildman–Crippen LogP) is -10.7. The number of aliphatic carboxylic acids is 4. The van der Waals surface area contributed by atoms with E-state index in [2.05, 4.69) is 0 Å². The van der Waals surface area contributed by atoms with Crippen molar-refractivity contribution in [1.29, 1.82) is 0 Å². The smallest absolute Gasteiger partial charge is 0.550 e. The van der Waals surface area contributed by atoms with Crippen molar-refractivity contribution < 1.29 is 97.2 Å². The van der Waals surface area contributed by atoms with Crippen LogP contribution in [0.25, 0.3) is 0 Å². The monoisotopic (exact) mass is 411 g/mol. The van der Waals surface area contributed by atoms with Crippen molar-refractivity contribution in [2.24, 2.45) is 11.5 Å². The third-order valence-electron chi connectivity index (χ3n) is 0.167. The van der Waals surface area contributed by atoms with E-state index >= 15 is 0 Å². The maximum absolute atomic E-state index is 8.89. The SMILES string of the molecule is CC(=O)[O-].CC(=O)[O-].CC(=O)[O-].CC(=O)[O-].NCCN.O.O.[Fe+3].[Na+]. The third-order valence-corrected chi connectivity index (χ3v) is 0.167. The van der Waals surface area contributed by atoms with Gasteiger partial charge in [0.05, 0.1) is 0 Å². The van der Waals surface area contributed by atoms with Crippen LogP contribution >= 0.6 is 0 Å². The van der Waals surface area contributed by atoms with E-state index in [0.717, 1.165) is 27.7 Å². The zero-order chi connectivity index (χ0) is 17.7. The molecule has 14 heteroatoms. The molecule has 0 aromatic heterocycles. The van der Waals surface area contributed by atoms with Gasteiger partial charge >= 0.3 is 46.6 Å². The Labute approximate surface area is 173 Å². The van der Waals surface area contributed by atoms with Crippen molar-refractivity contribution in [3.05, 3.63) is 0 Å². The summed E-state index contributed by atoms with van der Waals surface area (Å²) < 4.78 is 0. The summed E-state index contributed by atoms with van der Waals surface area (Å²) in [4.78, 5) is 35.6. The Morgan fingerprint density at radius 2 is 0.667 bits per heavy atom. The molecule has 0 aliphatic rings. The average Bonchev–Trinajstić information content (AvgIpc) is 2.13. The molecule has 0 unspecified atom stereocenters. The molecule has 0 saturated carbocycles. The van der Waals surface area contributed by atoms with E-state index in [1.54, 1.807) is 0 Å². The first-order chi connectivity index (χ1) is 8.84. The number of hydrogen-bond acceptors (Lipinski definition) is 10. The van der Waals surface area contributed by atoms with Gasteiger partial charge in [-0.15, -0.1) is 0 Å². The molecule has 0 bridgehead atoms. The van der Waals surface area contributed by atoms with Gasteiger partial charge in [0.2, 0.25) is 0 Å². The van der Waals surface area contributed by atoms with Crippen LogP contribution in [-0.2, 0) is 36.2 Å². The summed E-state index contributed by atoms with van der Waals surface area (Å²) in [7, 11) is 0. The number of nitrogens with two attached hydrogens (primary N) is 2. The van der Waals surface area contributed by atoms with Crippen LogP contribution < -0.4 is 61.5 Å². The van der Waals surface area contributed by atoms with Crippen molar-refractivity contribution in [2.45, 2.75) is 27.7 Å². The maximum atomic E-state index is 8.89. The molecule has 0 aromatic rings. The molecule has 1 radical (unpaired) electrons. The van der Waals surface area contributed by atoms with Crippen LogP contribution in [0.4, 0.5) is 0 Å². The largest absolute Gasteiger partial charge is 3.00 e. The minimum absolute atomic E-state index is 0. The van der Waals surface area contributed by atoms with E-state index in [9.17, 15) is 0 Å². The molecule has 0 spiro atoms. The van der Waals surface area contributed by atoms with Crippen molar-refractivity contribution in [3.63, 3.8) is 0 Å². The van der Waals surface area contributed by atoms with Crippen LogP contribution in [0, 0.1) is 0 Å². The second-order valence-corrected chi connectivity index (χ2v) is 2.54. The minimum Gasteiger partial charge on any atom is -0.550 e. The first kappa shape index (κ1) is 56.7. The molecule has 0 aromatic carbocycles. The predicted molar refractivity (Wildman–Crippen MR) is 68.1 cm³/mol. The van der Waals surface area contributed by atoms with Gasteiger partial charge in [-0.25, -0.2) is 0 Å². The molecule has 0 atom stereocenters. The Balaban J connectivity index is -0.0000000161. The maximum Gasteiger partial charge on any atom is 3.00 e. The van der Waals surface area contributed by atoms with Crippen molar-refractivity contribution >= 4 is 23.9 Å². The summed E-state index contributed by atoms with van der Waals surface area (Å²) >= 11 is 0. The number of carbonyl (C=O) groups excluding carboxylic acids is 4. The van der Waals surface area contributed by atoms with Crippen molar-refractivity contribution in [3.8, 4) is 0 Å². The summed E-state index contributed by atoms with van der Waals surface area (Å²) in [6.45, 7) is 5.08. The average molecular weight is 411 g/mol. The molecule has 0 aliphatic carbocycles. The Kier molecular flexibility index (Phi) is 135. The van der Waals surface area contributed by atoms with Crippen LogP contribution in [0.3, 0.4) is 0 Å². The van der Waals surface area contributed by atoms with Gasteiger partial charge in [-0.05, 0) is 27.7 Å². The molecule has 0 aliphatic heterocycles. The van der Waals surface area contributed by atoms with Gasteiger partial charge in [0.15, 0.2) is 0 Å². The zero-order valence-corrected chi connectivity index (χ0v) is 17.3. The first-order valence-electron chi connectivity index (χ1n) is 4.95. The van der Waals surface area contributed by atoms with Gasteiger partial charge in [0.25, 0.3) is 0 Å². The number of carbonyl (C=O) groups is 4. The Morgan fingerprint density at radius 1 is 0.625 bits per heavy atom. The topological polar surface area (TPSA) is 276 Å². The van der Waals surface area contributed by atoms with E-state index in [1.807, 2.05) is 0 Å². The van der Waals surface area contributed by atoms with Gasteiger partial charge in [0.1, 0.15) is 0 Å². The van der Waals surface area contributed by atoms with Gasteiger partial charge in [-0.1, -0.05) is 0 Å². The molecule has 0 rings (SSSR count). The van der Waals surface area contributed by atoms with E-state index in [1.165, 1.54) is 0 Å². The van der Waals surface area contributed by atoms with E-state index in [0.29, 0.717) is 13.1 Å². The summed E-state index contributed by atoms with van der Waals surface area (Å²) in [5, 5.41) is 35.6. The summed E-state index contributed by atoms with van der Waals surface area (Å²) in [5.74, 6) is -4.33. The van der Waals surface area contributed by atoms with Crippen molar-refractivity contribution in [1.82, 2.24) is 0 Å². The zero-order valence-electron chi connectivity index (χ0n) is 14.2. The normalized spacial score (nSPS) is 5.42. The van der Waals surface area contributed by atoms with Gasteiger partial charge < -0.3 is 62.0 Å². The van der Waals surface area contributed by atoms with E-state index in [-0.39, 0.29) is 57.6 Å². The number of carboxylic acid groups (broad SMARTS) is 4. The molecule has 0 heterocycles. The quantitative estimate of drug-likeness (QED) is 0.384. The van der Waals surface area contributed by atoms with Gasteiger partial charge in [-0.3, -0.25) is 0 Å². The Hall–Kier alpha value is -0.761. The van der Waals surface area contributed by atoms with Gasteiger partial charge in [0, 0.05) is 37.0 Å². The third kappa shape index (κ3) is 152000. The van der Waals surface area contributed by atoms with Crippen LogP contribution in [-0.4, -0.2) is 47.9 Å². The second-order valence-electron chi connectivity index (χ2n) is 2.54. The van der Waals surface area contributed by atoms with Crippen LogP contribution in [0.15, 0.2) is 0 Å². The molecular formula is C10H24FeN2NaO10. The molecular weight excluding hydrogens is 387 g/mol. The number of hydrogen-bond donors (Lipinski definition) is 2. The van der Waals surface area contributed by atoms with Crippen LogP contribution in [0.5, 0.6) is 0 Å². The van der Waals surface area contributed by atoms with Crippen LogP contribution in [0.2, 0.25) is 0 Å².